The lowest BCUT2D eigenvalue weighted by Gasteiger charge is -2.28. The first-order valence-electron chi connectivity index (χ1n) is 11.0. The van der Waals surface area contributed by atoms with E-state index in [0.717, 1.165) is 37.8 Å². The summed E-state index contributed by atoms with van der Waals surface area (Å²) in [4.78, 5) is 28.2. The first-order valence-corrected chi connectivity index (χ1v) is 11.8. The molecule has 1 heterocycles. The monoisotopic (exact) mass is 509 g/mol. The van der Waals surface area contributed by atoms with Crippen LogP contribution >= 0.6 is 15.9 Å². The maximum absolute atomic E-state index is 13.8. The van der Waals surface area contributed by atoms with Crippen LogP contribution in [0.15, 0.2) is 59.1 Å². The van der Waals surface area contributed by atoms with E-state index < -0.39 is 6.04 Å². The van der Waals surface area contributed by atoms with Crippen molar-refractivity contribution in [3.8, 4) is 5.75 Å². The SMILES string of the molecule is CN[C@@H](C)C(=O)NC1CCc2ccccc2N(Cc2c(OC)ccc3ccc(Br)cc23)C1=O. The van der Waals surface area contributed by atoms with Crippen LogP contribution < -0.4 is 20.3 Å². The molecule has 1 aliphatic heterocycles. The standard InChI is InChI=1S/C26H28BrN3O3/c1-16(28-2)25(31)29-22-12-9-18-6-4-5-7-23(18)30(26(22)32)15-21-20-14-19(27)11-8-17(20)10-13-24(21)33-3/h4-8,10-11,13-14,16,22,28H,9,12,15H2,1-3H3,(H,29,31)/t16-,22?/m0/s1. The van der Waals surface area contributed by atoms with Crippen LogP contribution in [0.3, 0.4) is 0 Å². The summed E-state index contributed by atoms with van der Waals surface area (Å²) < 4.78 is 6.65. The lowest BCUT2D eigenvalue weighted by atomic mass is 10.0. The minimum Gasteiger partial charge on any atom is -0.496 e. The van der Waals surface area contributed by atoms with Gasteiger partial charge in [-0.3, -0.25) is 9.59 Å². The molecule has 1 aliphatic rings. The molecular weight excluding hydrogens is 482 g/mol. The van der Waals surface area contributed by atoms with Crippen molar-refractivity contribution in [2.24, 2.45) is 0 Å². The van der Waals surface area contributed by atoms with Gasteiger partial charge in [0, 0.05) is 15.7 Å². The van der Waals surface area contributed by atoms with E-state index in [1.54, 1.807) is 26.0 Å². The molecule has 3 aromatic carbocycles. The molecule has 0 aromatic heterocycles. The molecule has 6 nitrogen and oxygen atoms in total. The van der Waals surface area contributed by atoms with Gasteiger partial charge < -0.3 is 20.3 Å². The number of nitrogens with zero attached hydrogens (tertiary/aromatic N) is 1. The Bertz CT molecular complexity index is 1200. The lowest BCUT2D eigenvalue weighted by Crippen LogP contribution is -2.52. The summed E-state index contributed by atoms with van der Waals surface area (Å²) in [5.74, 6) is 0.415. The van der Waals surface area contributed by atoms with Crippen molar-refractivity contribution in [1.29, 1.82) is 0 Å². The van der Waals surface area contributed by atoms with Crippen molar-refractivity contribution in [3.63, 3.8) is 0 Å². The third-order valence-corrected chi connectivity index (χ3v) is 6.77. The molecule has 4 rings (SSSR count). The molecule has 0 aliphatic carbocycles. The smallest absolute Gasteiger partial charge is 0.249 e. The number of carbonyl (C=O) groups excluding carboxylic acids is 2. The minimum atomic E-state index is -0.603. The van der Waals surface area contributed by atoms with Crippen LogP contribution in [-0.4, -0.2) is 38.1 Å². The average molecular weight is 510 g/mol. The first-order chi connectivity index (χ1) is 15.9. The van der Waals surface area contributed by atoms with Crippen molar-refractivity contribution >= 4 is 44.2 Å². The van der Waals surface area contributed by atoms with E-state index in [4.69, 9.17) is 4.74 Å². The van der Waals surface area contributed by atoms with E-state index >= 15 is 0 Å². The Kier molecular flexibility index (Phi) is 7.00. The normalized spacial score (nSPS) is 16.8. The number of methoxy groups -OCH3 is 1. The van der Waals surface area contributed by atoms with Gasteiger partial charge in [-0.25, -0.2) is 0 Å². The Morgan fingerprint density at radius 3 is 2.73 bits per heavy atom. The van der Waals surface area contributed by atoms with E-state index in [1.807, 2.05) is 48.5 Å². The van der Waals surface area contributed by atoms with Gasteiger partial charge in [-0.1, -0.05) is 46.3 Å². The average Bonchev–Trinajstić information content (AvgIpc) is 2.96. The van der Waals surface area contributed by atoms with Crippen molar-refractivity contribution in [2.75, 3.05) is 19.1 Å². The predicted octanol–water partition coefficient (Wildman–Crippen LogP) is 4.18. The number of benzene rings is 3. The first kappa shape index (κ1) is 23.3. The molecule has 0 radical (unpaired) electrons. The van der Waals surface area contributed by atoms with Crippen LogP contribution in [0, 0.1) is 0 Å². The highest BCUT2D eigenvalue weighted by atomic mass is 79.9. The fourth-order valence-corrected chi connectivity index (χ4v) is 4.65. The Morgan fingerprint density at radius 1 is 1.21 bits per heavy atom. The fourth-order valence-electron chi connectivity index (χ4n) is 4.29. The summed E-state index contributed by atoms with van der Waals surface area (Å²) in [5, 5.41) is 7.97. The number of fused-ring (bicyclic) bond motifs is 2. The maximum atomic E-state index is 13.8. The molecule has 0 spiro atoms. The van der Waals surface area contributed by atoms with E-state index in [0.29, 0.717) is 19.4 Å². The molecule has 3 aromatic rings. The van der Waals surface area contributed by atoms with Crippen LogP contribution in [0.25, 0.3) is 10.8 Å². The summed E-state index contributed by atoms with van der Waals surface area (Å²) in [7, 11) is 3.37. The number of hydrogen-bond donors (Lipinski definition) is 2. The van der Waals surface area contributed by atoms with Crippen molar-refractivity contribution in [1.82, 2.24) is 10.6 Å². The molecule has 0 saturated carbocycles. The number of nitrogens with one attached hydrogen (secondary N) is 2. The molecule has 0 bridgehead atoms. The second-order valence-electron chi connectivity index (χ2n) is 8.28. The van der Waals surface area contributed by atoms with E-state index in [1.165, 1.54) is 0 Å². The summed E-state index contributed by atoms with van der Waals surface area (Å²) >= 11 is 3.57. The summed E-state index contributed by atoms with van der Waals surface area (Å²) in [6, 6.07) is 17.0. The van der Waals surface area contributed by atoms with Crippen molar-refractivity contribution < 1.29 is 14.3 Å². The summed E-state index contributed by atoms with van der Waals surface area (Å²) in [6.07, 6.45) is 1.25. The van der Waals surface area contributed by atoms with Gasteiger partial charge in [0.05, 0.1) is 19.7 Å². The lowest BCUT2D eigenvalue weighted by molar-refractivity contribution is -0.128. The van der Waals surface area contributed by atoms with E-state index in [9.17, 15) is 9.59 Å². The molecule has 33 heavy (non-hydrogen) atoms. The number of aryl methyl sites for hydroxylation is 1. The van der Waals surface area contributed by atoms with Crippen LogP contribution in [0.1, 0.15) is 24.5 Å². The Hall–Kier alpha value is -2.90. The topological polar surface area (TPSA) is 70.7 Å². The molecule has 2 atom stereocenters. The summed E-state index contributed by atoms with van der Waals surface area (Å²) in [5.41, 5.74) is 2.88. The number of rotatable bonds is 6. The highest BCUT2D eigenvalue weighted by Gasteiger charge is 2.32. The van der Waals surface area contributed by atoms with Gasteiger partial charge in [0.15, 0.2) is 0 Å². The minimum absolute atomic E-state index is 0.120. The second kappa shape index (κ2) is 9.93. The van der Waals surface area contributed by atoms with Gasteiger partial charge in [0.25, 0.3) is 0 Å². The van der Waals surface area contributed by atoms with Crippen LogP contribution in [0.2, 0.25) is 0 Å². The fraction of sp³-hybridized carbons (Fsp3) is 0.308. The second-order valence-corrected chi connectivity index (χ2v) is 9.19. The number of halogens is 1. The zero-order valence-corrected chi connectivity index (χ0v) is 20.6. The molecule has 0 saturated heterocycles. The van der Waals surface area contributed by atoms with Gasteiger partial charge in [-0.15, -0.1) is 0 Å². The Morgan fingerprint density at radius 2 is 1.97 bits per heavy atom. The van der Waals surface area contributed by atoms with E-state index in [-0.39, 0.29) is 17.9 Å². The van der Waals surface area contributed by atoms with Crippen LogP contribution in [0.4, 0.5) is 5.69 Å². The number of amides is 2. The van der Waals surface area contributed by atoms with Crippen molar-refractivity contribution in [3.05, 3.63) is 70.2 Å². The molecular formula is C26H28BrN3O3. The summed E-state index contributed by atoms with van der Waals surface area (Å²) in [6.45, 7) is 2.11. The predicted molar refractivity (Wildman–Crippen MR) is 135 cm³/mol. The molecule has 2 amide bonds. The van der Waals surface area contributed by atoms with Crippen LogP contribution in [0.5, 0.6) is 5.75 Å². The molecule has 1 unspecified atom stereocenters. The van der Waals surface area contributed by atoms with Gasteiger partial charge in [0.1, 0.15) is 11.8 Å². The molecule has 172 valence electrons. The quantitative estimate of drug-likeness (QED) is 0.522. The number of hydrogen-bond acceptors (Lipinski definition) is 4. The van der Waals surface area contributed by atoms with Gasteiger partial charge >= 0.3 is 0 Å². The van der Waals surface area contributed by atoms with Crippen molar-refractivity contribution in [2.45, 2.75) is 38.4 Å². The van der Waals surface area contributed by atoms with E-state index in [2.05, 4.69) is 32.6 Å². The molecule has 0 fully saturated rings. The Labute approximate surface area is 202 Å². The highest BCUT2D eigenvalue weighted by Crippen LogP contribution is 2.35. The zero-order chi connectivity index (χ0) is 23.5. The van der Waals surface area contributed by atoms with Gasteiger partial charge in [-0.05, 0) is 67.4 Å². The number of likely N-dealkylation sites (N-methyl/N-ethyl adjacent to an activating group) is 1. The number of ether oxygens (including phenoxy) is 1. The zero-order valence-electron chi connectivity index (χ0n) is 19.0. The van der Waals surface area contributed by atoms with Gasteiger partial charge in [-0.2, -0.15) is 0 Å². The number of anilines is 1. The molecule has 7 heteroatoms. The van der Waals surface area contributed by atoms with Crippen LogP contribution in [-0.2, 0) is 22.6 Å². The Balaban J connectivity index is 1.78. The highest BCUT2D eigenvalue weighted by molar-refractivity contribution is 9.10. The largest absolute Gasteiger partial charge is 0.496 e. The maximum Gasteiger partial charge on any atom is 0.249 e. The van der Waals surface area contributed by atoms with Gasteiger partial charge in [0.2, 0.25) is 11.8 Å². The number of carbonyl (C=O) groups is 2. The third kappa shape index (κ3) is 4.75. The number of para-hydroxylation sites is 1. The third-order valence-electron chi connectivity index (χ3n) is 6.28. The molecule has 2 N–H and O–H groups in total.